The molecule has 0 aliphatic carbocycles. The highest BCUT2D eigenvalue weighted by molar-refractivity contribution is 7.17. The van der Waals surface area contributed by atoms with Gasteiger partial charge in [0.05, 0.1) is 18.2 Å². The van der Waals surface area contributed by atoms with E-state index in [4.69, 9.17) is 0 Å². The maximum absolute atomic E-state index is 3.27. The molecule has 1 saturated heterocycles. The van der Waals surface area contributed by atoms with E-state index in [2.05, 4.69) is 39.0 Å². The van der Waals surface area contributed by atoms with Crippen LogP contribution in [0, 0.1) is 0 Å². The Morgan fingerprint density at radius 1 is 1.00 bits per heavy atom. The Kier molecular flexibility index (Phi) is 2.42. The first-order chi connectivity index (χ1) is 4.18. The van der Waals surface area contributed by atoms with Gasteiger partial charge in [-0.3, -0.25) is 16.0 Å². The van der Waals surface area contributed by atoms with Gasteiger partial charge in [-0.05, 0) is 13.8 Å². The Bertz CT molecular complexity index is 73.2. The first-order valence-electron chi connectivity index (χ1n) is 3.22. The van der Waals surface area contributed by atoms with Gasteiger partial charge in [0.2, 0.25) is 0 Å². The third-order valence-electron chi connectivity index (χ3n) is 1.36. The highest BCUT2D eigenvalue weighted by atomic mass is 31.0. The molecule has 1 aliphatic heterocycles. The zero-order valence-electron chi connectivity index (χ0n) is 5.81. The van der Waals surface area contributed by atoms with Crippen LogP contribution in [-0.4, -0.2) is 18.2 Å². The molecule has 0 radical (unpaired) electrons. The van der Waals surface area contributed by atoms with Gasteiger partial charge in [-0.2, -0.15) is 0 Å². The largest absolute Gasteiger partial charge is 0.287 e. The molecule has 9 heavy (non-hydrogen) atoms. The molecule has 1 rings (SSSR count). The fourth-order valence-corrected chi connectivity index (χ4v) is 1.64. The van der Waals surface area contributed by atoms with E-state index in [1.165, 1.54) is 0 Å². The predicted octanol–water partition coefficient (Wildman–Crippen LogP) is -0.381. The molecule has 4 heteroatoms. The van der Waals surface area contributed by atoms with Gasteiger partial charge >= 0.3 is 0 Å². The molecule has 0 spiro atoms. The van der Waals surface area contributed by atoms with E-state index in [1.807, 2.05) is 0 Å². The van der Waals surface area contributed by atoms with E-state index in [1.54, 1.807) is 0 Å². The summed E-state index contributed by atoms with van der Waals surface area (Å²) in [5, 5.41) is 9.77. The first kappa shape index (κ1) is 7.42. The van der Waals surface area contributed by atoms with Crippen molar-refractivity contribution in [2.75, 3.05) is 0 Å². The summed E-state index contributed by atoms with van der Waals surface area (Å²) in [6.07, 6.45) is 0.812. The highest BCUT2D eigenvalue weighted by Gasteiger charge is 2.16. The number of rotatable bonds is 0. The van der Waals surface area contributed by atoms with Gasteiger partial charge in [0.25, 0.3) is 0 Å². The SMILES string of the molecule is CC1NC(C)NC(P)N1. The molecule has 0 aromatic carbocycles. The second kappa shape index (κ2) is 2.93. The Labute approximate surface area is 58.2 Å². The van der Waals surface area contributed by atoms with Crippen LogP contribution >= 0.6 is 9.24 Å². The third-order valence-corrected chi connectivity index (χ3v) is 1.74. The maximum atomic E-state index is 3.27. The highest BCUT2D eigenvalue weighted by Crippen LogP contribution is 1.98. The summed E-state index contributed by atoms with van der Waals surface area (Å²) < 4.78 is 0. The Hall–Kier alpha value is 0.310. The molecule has 0 aromatic rings. The van der Waals surface area contributed by atoms with Crippen molar-refractivity contribution in [3.05, 3.63) is 0 Å². The lowest BCUT2D eigenvalue weighted by molar-refractivity contribution is 0.271. The molecule has 0 amide bonds. The Morgan fingerprint density at radius 2 is 1.44 bits per heavy atom. The van der Waals surface area contributed by atoms with Gasteiger partial charge in [0, 0.05) is 0 Å². The van der Waals surface area contributed by atoms with Crippen molar-refractivity contribution in [2.24, 2.45) is 0 Å². The molecule has 3 N–H and O–H groups in total. The summed E-state index contributed by atoms with van der Waals surface area (Å²) >= 11 is 0. The van der Waals surface area contributed by atoms with Crippen molar-refractivity contribution in [3.8, 4) is 0 Å². The molecule has 1 aliphatic rings. The van der Waals surface area contributed by atoms with Crippen LogP contribution in [0.25, 0.3) is 0 Å². The van der Waals surface area contributed by atoms with E-state index in [9.17, 15) is 0 Å². The van der Waals surface area contributed by atoms with Crippen molar-refractivity contribution in [2.45, 2.75) is 32.1 Å². The van der Waals surface area contributed by atoms with Gasteiger partial charge in [-0.1, -0.05) is 0 Å². The summed E-state index contributed by atoms with van der Waals surface area (Å²) in [4.78, 5) is 0. The standard InChI is InChI=1S/C5H14N3P/c1-3-6-4(2)8-5(9)7-3/h3-8H,9H2,1-2H3. The fourth-order valence-electron chi connectivity index (χ4n) is 1.06. The van der Waals surface area contributed by atoms with Crippen LogP contribution in [0.3, 0.4) is 0 Å². The summed E-state index contributed by atoms with van der Waals surface area (Å²) in [5.41, 5.74) is 0. The van der Waals surface area contributed by atoms with Crippen molar-refractivity contribution in [1.82, 2.24) is 16.0 Å². The topological polar surface area (TPSA) is 36.1 Å². The van der Waals surface area contributed by atoms with Crippen LogP contribution in [-0.2, 0) is 0 Å². The number of nitrogens with one attached hydrogen (secondary N) is 3. The van der Waals surface area contributed by atoms with Crippen LogP contribution in [0.5, 0.6) is 0 Å². The molecule has 3 unspecified atom stereocenters. The molecule has 1 heterocycles. The minimum Gasteiger partial charge on any atom is -0.287 e. The van der Waals surface area contributed by atoms with Crippen LogP contribution in [0.1, 0.15) is 13.8 Å². The van der Waals surface area contributed by atoms with Crippen molar-refractivity contribution < 1.29 is 0 Å². The molecular weight excluding hydrogens is 133 g/mol. The van der Waals surface area contributed by atoms with Gasteiger partial charge in [-0.25, -0.2) is 0 Å². The van der Waals surface area contributed by atoms with Crippen LogP contribution < -0.4 is 16.0 Å². The lowest BCUT2D eigenvalue weighted by Gasteiger charge is -2.33. The first-order valence-corrected chi connectivity index (χ1v) is 3.89. The van der Waals surface area contributed by atoms with Gasteiger partial charge in [0.1, 0.15) is 0 Å². The molecule has 0 saturated carbocycles. The number of hydrogen-bond acceptors (Lipinski definition) is 3. The molecule has 3 atom stereocenters. The fraction of sp³-hybridized carbons (Fsp3) is 1.00. The van der Waals surface area contributed by atoms with Crippen molar-refractivity contribution in [3.63, 3.8) is 0 Å². The van der Waals surface area contributed by atoms with E-state index < -0.39 is 0 Å². The van der Waals surface area contributed by atoms with Gasteiger partial charge < -0.3 is 0 Å². The molecule has 0 aromatic heterocycles. The zero-order valence-corrected chi connectivity index (χ0v) is 6.96. The van der Waals surface area contributed by atoms with E-state index >= 15 is 0 Å². The van der Waals surface area contributed by atoms with Crippen molar-refractivity contribution in [1.29, 1.82) is 0 Å². The van der Waals surface area contributed by atoms with E-state index in [0.717, 1.165) is 0 Å². The Morgan fingerprint density at radius 3 is 1.78 bits per heavy atom. The predicted molar refractivity (Wildman–Crippen MR) is 41.8 cm³/mol. The smallest absolute Gasteiger partial charge is 0.0737 e. The minimum atomic E-state index is 0.344. The number of hydrogen-bond donors (Lipinski definition) is 3. The van der Waals surface area contributed by atoms with Crippen LogP contribution in [0.15, 0.2) is 0 Å². The van der Waals surface area contributed by atoms with Gasteiger partial charge in [0.15, 0.2) is 0 Å². The van der Waals surface area contributed by atoms with Gasteiger partial charge in [-0.15, -0.1) is 9.24 Å². The van der Waals surface area contributed by atoms with Crippen LogP contribution in [0.2, 0.25) is 0 Å². The van der Waals surface area contributed by atoms with Crippen LogP contribution in [0.4, 0.5) is 0 Å². The third kappa shape index (κ3) is 2.18. The quantitative estimate of drug-likeness (QED) is 0.409. The van der Waals surface area contributed by atoms with E-state index in [-0.39, 0.29) is 0 Å². The summed E-state index contributed by atoms with van der Waals surface area (Å²) in [5.74, 6) is 0.344. The summed E-state index contributed by atoms with van der Waals surface area (Å²) in [6.45, 7) is 4.21. The second-order valence-electron chi connectivity index (χ2n) is 2.42. The lowest BCUT2D eigenvalue weighted by atomic mass is 10.4. The summed E-state index contributed by atoms with van der Waals surface area (Å²) in [6, 6.07) is 0. The summed E-state index contributed by atoms with van der Waals surface area (Å²) in [7, 11) is 2.69. The molecule has 54 valence electrons. The van der Waals surface area contributed by atoms with E-state index in [0.29, 0.717) is 18.2 Å². The maximum Gasteiger partial charge on any atom is 0.0737 e. The molecule has 0 bridgehead atoms. The molecule has 1 fully saturated rings. The zero-order chi connectivity index (χ0) is 6.85. The van der Waals surface area contributed by atoms with Crippen molar-refractivity contribution >= 4 is 9.24 Å². The second-order valence-corrected chi connectivity index (χ2v) is 3.09. The monoisotopic (exact) mass is 147 g/mol. The molecular formula is C5H14N3P. The lowest BCUT2D eigenvalue weighted by Crippen LogP contribution is -2.63. The molecule has 3 nitrogen and oxygen atoms in total. The average Bonchev–Trinajstić information content (AvgIpc) is 1.59. The Balaban J connectivity index is 2.34. The normalized spacial score (nSPS) is 45.0. The average molecular weight is 147 g/mol. The minimum absolute atomic E-state index is 0.344.